The second-order valence-corrected chi connectivity index (χ2v) is 7.15. The molecule has 112 valence electrons. The fourth-order valence-corrected chi connectivity index (χ4v) is 3.85. The maximum atomic E-state index is 12.1. The van der Waals surface area contributed by atoms with Crippen molar-refractivity contribution < 1.29 is 4.79 Å². The summed E-state index contributed by atoms with van der Waals surface area (Å²) in [6, 6.07) is 8.06. The van der Waals surface area contributed by atoms with Gasteiger partial charge in [0.25, 0.3) is 5.91 Å². The summed E-state index contributed by atoms with van der Waals surface area (Å²) in [4.78, 5) is 18.5. The van der Waals surface area contributed by atoms with E-state index in [9.17, 15) is 4.79 Å². The van der Waals surface area contributed by atoms with Gasteiger partial charge in [-0.1, -0.05) is 12.1 Å². The average molecular weight is 328 g/mol. The molecule has 1 aromatic carbocycles. The molecule has 0 bridgehead atoms. The number of nitrogens with one attached hydrogen (secondary N) is 1. The number of thioether (sulfide) groups is 1. The van der Waals surface area contributed by atoms with E-state index in [0.29, 0.717) is 10.1 Å². The van der Waals surface area contributed by atoms with Crippen LogP contribution in [0.5, 0.6) is 0 Å². The normalized spacial score (nSPS) is 18.2. The molecule has 0 radical (unpaired) electrons. The van der Waals surface area contributed by atoms with Crippen molar-refractivity contribution in [3.05, 3.63) is 56.1 Å². The van der Waals surface area contributed by atoms with Crippen molar-refractivity contribution >= 4 is 45.9 Å². The van der Waals surface area contributed by atoms with E-state index in [-0.39, 0.29) is 5.91 Å². The zero-order valence-corrected chi connectivity index (χ0v) is 14.3. The Kier molecular flexibility index (Phi) is 4.18. The van der Waals surface area contributed by atoms with Gasteiger partial charge in [0.15, 0.2) is 5.17 Å². The standard InChI is InChI=1S/C17H16N2OS2/c1-10-5-4-6-13(12(10)3)18-17-19-16(20)15(22-17)9-14-11(2)7-8-21-14/h4-9H,1-3H3,(H,18,19,20)/b15-9-. The number of carbonyl (C=O) groups excluding carboxylic acids is 1. The van der Waals surface area contributed by atoms with Gasteiger partial charge in [0.2, 0.25) is 0 Å². The number of carbonyl (C=O) groups is 1. The molecular formula is C17H16N2OS2. The van der Waals surface area contributed by atoms with Gasteiger partial charge in [0.05, 0.1) is 10.6 Å². The fourth-order valence-electron chi connectivity index (χ4n) is 2.10. The van der Waals surface area contributed by atoms with E-state index < -0.39 is 0 Å². The van der Waals surface area contributed by atoms with Crippen molar-refractivity contribution in [3.8, 4) is 0 Å². The van der Waals surface area contributed by atoms with Crippen molar-refractivity contribution in [2.75, 3.05) is 0 Å². The van der Waals surface area contributed by atoms with Gasteiger partial charge in [-0.25, -0.2) is 4.99 Å². The number of nitrogens with zero attached hydrogens (tertiary/aromatic N) is 1. The molecule has 0 unspecified atom stereocenters. The summed E-state index contributed by atoms with van der Waals surface area (Å²) < 4.78 is 0. The van der Waals surface area contributed by atoms with E-state index in [2.05, 4.69) is 29.4 Å². The number of hydrogen-bond donors (Lipinski definition) is 1. The molecule has 1 saturated heterocycles. The summed E-state index contributed by atoms with van der Waals surface area (Å²) in [5, 5.41) is 5.51. The monoisotopic (exact) mass is 328 g/mol. The summed E-state index contributed by atoms with van der Waals surface area (Å²) in [6.45, 7) is 6.15. The first kappa shape index (κ1) is 15.1. The van der Waals surface area contributed by atoms with Crippen LogP contribution in [0, 0.1) is 20.8 Å². The molecule has 3 nitrogen and oxygen atoms in total. The third kappa shape index (κ3) is 3.00. The second kappa shape index (κ2) is 6.10. The Morgan fingerprint density at radius 1 is 1.14 bits per heavy atom. The van der Waals surface area contributed by atoms with Crippen LogP contribution in [0.3, 0.4) is 0 Å². The predicted octanol–water partition coefficient (Wildman–Crippen LogP) is 4.56. The number of aryl methyl sites for hydroxylation is 2. The third-order valence-electron chi connectivity index (χ3n) is 3.61. The van der Waals surface area contributed by atoms with Crippen LogP contribution in [0.4, 0.5) is 5.69 Å². The number of rotatable bonds is 2. The molecule has 0 spiro atoms. The van der Waals surface area contributed by atoms with E-state index in [1.54, 1.807) is 11.3 Å². The van der Waals surface area contributed by atoms with Crippen LogP contribution in [0.2, 0.25) is 0 Å². The number of benzene rings is 1. The largest absolute Gasteiger partial charge is 0.300 e. The first-order valence-corrected chi connectivity index (χ1v) is 8.64. The van der Waals surface area contributed by atoms with Gasteiger partial charge >= 0.3 is 0 Å². The molecule has 1 aliphatic rings. The van der Waals surface area contributed by atoms with Crippen molar-refractivity contribution in [1.29, 1.82) is 0 Å². The van der Waals surface area contributed by atoms with E-state index in [1.807, 2.05) is 37.4 Å². The molecule has 22 heavy (non-hydrogen) atoms. The lowest BCUT2D eigenvalue weighted by atomic mass is 10.1. The number of thiophene rings is 1. The van der Waals surface area contributed by atoms with Gasteiger partial charge in [-0.15, -0.1) is 11.3 Å². The Hall–Kier alpha value is -1.85. The van der Waals surface area contributed by atoms with Crippen LogP contribution >= 0.6 is 23.1 Å². The highest BCUT2D eigenvalue weighted by Gasteiger charge is 2.24. The van der Waals surface area contributed by atoms with E-state index in [0.717, 1.165) is 16.1 Å². The molecule has 1 fully saturated rings. The number of hydrogen-bond acceptors (Lipinski definition) is 4. The highest BCUT2D eigenvalue weighted by molar-refractivity contribution is 8.18. The molecule has 0 aliphatic carbocycles. The van der Waals surface area contributed by atoms with Gasteiger partial charge in [-0.05, 0) is 72.8 Å². The van der Waals surface area contributed by atoms with Crippen molar-refractivity contribution in [2.24, 2.45) is 4.99 Å². The minimum absolute atomic E-state index is 0.0816. The fraction of sp³-hybridized carbons (Fsp3) is 0.176. The highest BCUT2D eigenvalue weighted by atomic mass is 32.2. The Morgan fingerprint density at radius 3 is 2.68 bits per heavy atom. The summed E-state index contributed by atoms with van der Waals surface area (Å²) in [7, 11) is 0. The molecule has 0 atom stereocenters. The number of amidine groups is 1. The Balaban J connectivity index is 1.89. The molecule has 1 N–H and O–H groups in total. The molecule has 2 aromatic rings. The van der Waals surface area contributed by atoms with Crippen LogP contribution < -0.4 is 5.32 Å². The van der Waals surface area contributed by atoms with E-state index in [4.69, 9.17) is 0 Å². The molecule has 2 heterocycles. The molecule has 0 saturated carbocycles. The summed E-state index contributed by atoms with van der Waals surface area (Å²) >= 11 is 3.03. The molecule has 5 heteroatoms. The SMILES string of the molecule is Cc1ccsc1/C=C1\SC(=Nc2cccc(C)c2C)NC1=O. The average Bonchev–Trinajstić information content (AvgIpc) is 3.03. The van der Waals surface area contributed by atoms with Crippen LogP contribution in [0.1, 0.15) is 21.6 Å². The Bertz CT molecular complexity index is 803. The van der Waals surface area contributed by atoms with Gasteiger partial charge in [0, 0.05) is 4.88 Å². The van der Waals surface area contributed by atoms with Gasteiger partial charge in [-0.3, -0.25) is 4.79 Å². The number of amides is 1. The van der Waals surface area contributed by atoms with Gasteiger partial charge in [-0.2, -0.15) is 0 Å². The van der Waals surface area contributed by atoms with Crippen LogP contribution in [-0.4, -0.2) is 11.1 Å². The Labute approximate surface area is 138 Å². The lowest BCUT2D eigenvalue weighted by molar-refractivity contribution is -0.115. The highest BCUT2D eigenvalue weighted by Crippen LogP contribution is 2.31. The first-order chi connectivity index (χ1) is 10.5. The molecule has 1 amide bonds. The zero-order valence-electron chi connectivity index (χ0n) is 12.6. The van der Waals surface area contributed by atoms with Crippen LogP contribution in [0.15, 0.2) is 39.5 Å². The summed E-state index contributed by atoms with van der Waals surface area (Å²) in [5.41, 5.74) is 4.42. The molecule has 1 aliphatic heterocycles. The molecule has 1 aromatic heterocycles. The summed E-state index contributed by atoms with van der Waals surface area (Å²) in [5.74, 6) is -0.0816. The van der Waals surface area contributed by atoms with E-state index >= 15 is 0 Å². The quantitative estimate of drug-likeness (QED) is 0.821. The first-order valence-electron chi connectivity index (χ1n) is 6.94. The third-order valence-corrected chi connectivity index (χ3v) is 5.49. The lowest BCUT2D eigenvalue weighted by Crippen LogP contribution is -2.19. The Morgan fingerprint density at radius 2 is 1.95 bits per heavy atom. The predicted molar refractivity (Wildman–Crippen MR) is 95.8 cm³/mol. The van der Waals surface area contributed by atoms with Crippen molar-refractivity contribution in [3.63, 3.8) is 0 Å². The minimum atomic E-state index is -0.0816. The van der Waals surface area contributed by atoms with Crippen LogP contribution in [-0.2, 0) is 4.79 Å². The maximum absolute atomic E-state index is 12.1. The van der Waals surface area contributed by atoms with Crippen molar-refractivity contribution in [2.45, 2.75) is 20.8 Å². The van der Waals surface area contributed by atoms with Crippen LogP contribution in [0.25, 0.3) is 6.08 Å². The van der Waals surface area contributed by atoms with Gasteiger partial charge in [0.1, 0.15) is 0 Å². The minimum Gasteiger partial charge on any atom is -0.300 e. The second-order valence-electron chi connectivity index (χ2n) is 5.17. The molecule has 3 rings (SSSR count). The molecular weight excluding hydrogens is 312 g/mol. The summed E-state index contributed by atoms with van der Waals surface area (Å²) in [6.07, 6.45) is 1.94. The van der Waals surface area contributed by atoms with E-state index in [1.165, 1.54) is 22.9 Å². The van der Waals surface area contributed by atoms with Crippen molar-refractivity contribution in [1.82, 2.24) is 5.32 Å². The number of aliphatic imine (C=N–C) groups is 1. The smallest absolute Gasteiger partial charge is 0.264 e. The zero-order chi connectivity index (χ0) is 15.7. The lowest BCUT2D eigenvalue weighted by Gasteiger charge is -2.04. The van der Waals surface area contributed by atoms with Gasteiger partial charge < -0.3 is 5.32 Å². The maximum Gasteiger partial charge on any atom is 0.264 e. The topological polar surface area (TPSA) is 41.5 Å².